The molecule has 0 aromatic heterocycles. The van der Waals surface area contributed by atoms with Crippen LogP contribution in [0.1, 0.15) is 22.3 Å². The predicted molar refractivity (Wildman–Crippen MR) is 78.0 cm³/mol. The van der Waals surface area contributed by atoms with Gasteiger partial charge in [-0.15, -0.1) is 0 Å². The van der Waals surface area contributed by atoms with E-state index in [1.54, 1.807) is 0 Å². The zero-order valence-corrected chi connectivity index (χ0v) is 11.9. The number of hydrogen-bond donors (Lipinski definition) is 0. The van der Waals surface area contributed by atoms with Gasteiger partial charge in [-0.1, -0.05) is 22.3 Å². The van der Waals surface area contributed by atoms with E-state index in [1.165, 1.54) is 5.67 Å². The summed E-state index contributed by atoms with van der Waals surface area (Å²) in [6.07, 6.45) is 0. The fraction of sp³-hybridized carbons (Fsp3) is 1.00. The first-order chi connectivity index (χ1) is 4.98. The van der Waals surface area contributed by atoms with Crippen molar-refractivity contribution in [2.45, 2.75) is 54.1 Å². The zero-order chi connectivity index (χ0) is 8.91. The van der Waals surface area contributed by atoms with Crippen molar-refractivity contribution < 1.29 is 8.54 Å². The predicted octanol–water partition coefficient (Wildman–Crippen LogP) is 2.79. The molecule has 0 spiro atoms. The minimum atomic E-state index is -1.29. The molecular formula is C9H32O2Si3. The van der Waals surface area contributed by atoms with Crippen LogP contribution in [-0.4, -0.2) is 34.2 Å². The van der Waals surface area contributed by atoms with E-state index in [4.69, 9.17) is 8.54 Å². The van der Waals surface area contributed by atoms with Crippen LogP contribution in [0.25, 0.3) is 0 Å². The molecule has 0 bridgehead atoms. The molecule has 0 aromatic carbocycles. The third kappa shape index (κ3) is 15.1. The van der Waals surface area contributed by atoms with E-state index in [-0.39, 0.29) is 32.0 Å². The highest BCUT2D eigenvalue weighted by Gasteiger charge is 2.22. The van der Waals surface area contributed by atoms with Gasteiger partial charge in [0.05, 0.1) is 0 Å². The smallest absolute Gasteiger partial charge is 0.172 e. The Morgan fingerprint density at radius 1 is 1.14 bits per heavy atom. The van der Waals surface area contributed by atoms with Gasteiger partial charge in [-0.3, -0.25) is 0 Å². The summed E-state index contributed by atoms with van der Waals surface area (Å²) in [6, 6.07) is 0. The van der Waals surface area contributed by atoms with Crippen molar-refractivity contribution in [3.05, 3.63) is 0 Å². The Kier molecular flexibility index (Phi) is 20.0. The molecule has 0 aliphatic carbocycles. The third-order valence-electron chi connectivity index (χ3n) is 1.46. The van der Waals surface area contributed by atoms with Crippen molar-refractivity contribution >= 4 is 27.1 Å². The summed E-state index contributed by atoms with van der Waals surface area (Å²) in [5.41, 5.74) is 1.26. The van der Waals surface area contributed by atoms with E-state index in [1.807, 2.05) is 7.11 Å². The summed E-state index contributed by atoms with van der Waals surface area (Å²) in [5, 5.41) is 0. The van der Waals surface area contributed by atoms with Gasteiger partial charge in [0.2, 0.25) is 0 Å². The van der Waals surface area contributed by atoms with Gasteiger partial charge in [0.25, 0.3) is 0 Å². The lowest BCUT2D eigenvalue weighted by Gasteiger charge is -2.24. The molecule has 0 N–H and O–H groups in total. The van der Waals surface area contributed by atoms with Gasteiger partial charge in [-0.05, 0) is 31.9 Å². The van der Waals surface area contributed by atoms with Crippen molar-refractivity contribution in [2.75, 3.05) is 7.11 Å². The van der Waals surface area contributed by atoms with Gasteiger partial charge in [0, 0.05) is 7.11 Å². The highest BCUT2D eigenvalue weighted by atomic mass is 28.4. The van der Waals surface area contributed by atoms with Crippen LogP contribution in [0.4, 0.5) is 0 Å². The molecule has 0 unspecified atom stereocenters. The standard InChI is InChI=1S/C6H20O2Si3.3CH4/c1-7-9-6-11(4,5)8-10(2)3;;;/h10H,6,9H2,1-5H3;3*1H4. The van der Waals surface area contributed by atoms with E-state index < -0.39 is 17.4 Å². The van der Waals surface area contributed by atoms with Gasteiger partial charge in [0.15, 0.2) is 27.1 Å². The van der Waals surface area contributed by atoms with Crippen LogP contribution in [0.15, 0.2) is 0 Å². The Labute approximate surface area is 97.2 Å². The molecule has 92 valence electrons. The maximum atomic E-state index is 5.97. The largest absolute Gasteiger partial charge is 0.458 e. The van der Waals surface area contributed by atoms with E-state index in [0.29, 0.717) is 0 Å². The molecule has 0 saturated carbocycles. The third-order valence-corrected chi connectivity index (χ3v) is 11.9. The van der Waals surface area contributed by atoms with Crippen LogP contribution in [0.2, 0.25) is 31.9 Å². The van der Waals surface area contributed by atoms with Crippen LogP contribution in [-0.2, 0) is 8.54 Å². The second-order valence-corrected chi connectivity index (χ2v) is 13.2. The lowest BCUT2D eigenvalue weighted by Crippen LogP contribution is -2.36. The lowest BCUT2D eigenvalue weighted by molar-refractivity contribution is 0.442. The van der Waals surface area contributed by atoms with Crippen LogP contribution >= 0.6 is 0 Å². The molecule has 0 rings (SSSR count). The van der Waals surface area contributed by atoms with Gasteiger partial charge in [0.1, 0.15) is 0 Å². The number of hydrogen-bond acceptors (Lipinski definition) is 2. The Balaban J connectivity index is -0.000000167. The Bertz CT molecular complexity index is 108. The maximum Gasteiger partial charge on any atom is 0.172 e. The average molecular weight is 257 g/mol. The summed E-state index contributed by atoms with van der Waals surface area (Å²) in [6.45, 7) is 9.07. The molecule has 0 fully saturated rings. The molecule has 0 aliphatic heterocycles. The van der Waals surface area contributed by atoms with Gasteiger partial charge >= 0.3 is 0 Å². The molecule has 0 heterocycles. The fourth-order valence-corrected chi connectivity index (χ4v) is 10.5. The summed E-state index contributed by atoms with van der Waals surface area (Å²) >= 11 is 0. The highest BCUT2D eigenvalue weighted by Crippen LogP contribution is 2.10. The monoisotopic (exact) mass is 256 g/mol. The molecule has 0 aliphatic rings. The van der Waals surface area contributed by atoms with Crippen LogP contribution in [0, 0.1) is 0 Å². The van der Waals surface area contributed by atoms with E-state index >= 15 is 0 Å². The molecule has 2 nitrogen and oxygen atoms in total. The Morgan fingerprint density at radius 2 is 1.57 bits per heavy atom. The molecule has 0 amide bonds. The van der Waals surface area contributed by atoms with Crippen LogP contribution in [0.5, 0.6) is 0 Å². The molecule has 5 heteroatoms. The molecule has 14 heavy (non-hydrogen) atoms. The Morgan fingerprint density at radius 3 is 1.86 bits per heavy atom. The van der Waals surface area contributed by atoms with Gasteiger partial charge < -0.3 is 8.54 Å². The normalized spacial score (nSPS) is 10.7. The molecule has 0 radical (unpaired) electrons. The topological polar surface area (TPSA) is 18.5 Å². The molecular weight excluding hydrogens is 224 g/mol. The molecule has 0 saturated heterocycles. The zero-order valence-electron chi connectivity index (χ0n) is 8.31. The first-order valence-electron chi connectivity index (χ1n) is 4.15. The van der Waals surface area contributed by atoms with Crippen molar-refractivity contribution in [2.24, 2.45) is 0 Å². The van der Waals surface area contributed by atoms with E-state index in [2.05, 4.69) is 26.2 Å². The quantitative estimate of drug-likeness (QED) is 0.704. The van der Waals surface area contributed by atoms with Crippen LogP contribution in [0.3, 0.4) is 0 Å². The average Bonchev–Trinajstić information content (AvgIpc) is 1.81. The molecule has 0 aromatic rings. The van der Waals surface area contributed by atoms with E-state index in [9.17, 15) is 0 Å². The minimum absolute atomic E-state index is 0. The first kappa shape index (κ1) is 24.0. The number of rotatable bonds is 5. The molecule has 0 atom stereocenters. The lowest BCUT2D eigenvalue weighted by atomic mass is 11.8. The van der Waals surface area contributed by atoms with Crippen molar-refractivity contribution in [1.82, 2.24) is 0 Å². The summed E-state index contributed by atoms with van der Waals surface area (Å²) in [5.74, 6) is 0. The van der Waals surface area contributed by atoms with Gasteiger partial charge in [-0.25, -0.2) is 0 Å². The van der Waals surface area contributed by atoms with Crippen LogP contribution < -0.4 is 0 Å². The fourth-order valence-electron chi connectivity index (χ4n) is 1.04. The minimum Gasteiger partial charge on any atom is -0.458 e. The van der Waals surface area contributed by atoms with Gasteiger partial charge in [-0.2, -0.15) is 0 Å². The Hall–Kier alpha value is 0.571. The SMILES string of the molecule is C.C.C.CO[SiH2]C[Si](C)(C)O[SiH](C)C. The first-order valence-corrected chi connectivity index (χ1v) is 11.6. The summed E-state index contributed by atoms with van der Waals surface area (Å²) < 4.78 is 11.1. The van der Waals surface area contributed by atoms with Crippen molar-refractivity contribution in [3.8, 4) is 0 Å². The summed E-state index contributed by atoms with van der Waals surface area (Å²) in [4.78, 5) is 0. The van der Waals surface area contributed by atoms with E-state index in [0.717, 1.165) is 0 Å². The second kappa shape index (κ2) is 11.6. The maximum absolute atomic E-state index is 5.97. The highest BCUT2D eigenvalue weighted by molar-refractivity contribution is 6.82. The second-order valence-electron chi connectivity index (χ2n) is 3.67. The van der Waals surface area contributed by atoms with Crippen molar-refractivity contribution in [3.63, 3.8) is 0 Å². The van der Waals surface area contributed by atoms with Crippen molar-refractivity contribution in [1.29, 1.82) is 0 Å². The summed E-state index contributed by atoms with van der Waals surface area (Å²) in [7, 11) is -0.556.